The predicted molar refractivity (Wildman–Crippen MR) is 84.3 cm³/mol. The molecule has 1 saturated heterocycles. The van der Waals surface area contributed by atoms with Gasteiger partial charge < -0.3 is 4.90 Å². The van der Waals surface area contributed by atoms with Crippen LogP contribution in [0.4, 0.5) is 5.69 Å². The van der Waals surface area contributed by atoms with Crippen LogP contribution in [0.15, 0.2) is 18.2 Å². The molecule has 0 bridgehead atoms. The lowest BCUT2D eigenvalue weighted by molar-refractivity contribution is -0.133. The summed E-state index contributed by atoms with van der Waals surface area (Å²) in [4.78, 5) is 26.0. The van der Waals surface area contributed by atoms with Gasteiger partial charge in [-0.2, -0.15) is 0 Å². The molecule has 0 aliphatic carbocycles. The molecule has 1 atom stereocenters. The lowest BCUT2D eigenvalue weighted by atomic mass is 9.91. The van der Waals surface area contributed by atoms with Crippen molar-refractivity contribution in [2.45, 2.75) is 33.1 Å². The summed E-state index contributed by atoms with van der Waals surface area (Å²) >= 11 is 2.27. The van der Waals surface area contributed by atoms with Gasteiger partial charge in [0.05, 0.1) is 5.92 Å². The van der Waals surface area contributed by atoms with E-state index in [1.54, 1.807) is 4.90 Å². The minimum Gasteiger partial charge on any atom is -0.312 e. The molecule has 1 aromatic rings. The van der Waals surface area contributed by atoms with E-state index in [2.05, 4.69) is 22.6 Å². The summed E-state index contributed by atoms with van der Waals surface area (Å²) in [7, 11) is 0. The molecule has 1 amide bonds. The molecule has 0 radical (unpaired) electrons. The highest BCUT2D eigenvalue weighted by Crippen LogP contribution is 2.27. The Bertz CT molecular complexity index is 513. The van der Waals surface area contributed by atoms with Gasteiger partial charge in [-0.15, -0.1) is 0 Å². The minimum atomic E-state index is -0.433. The summed E-state index contributed by atoms with van der Waals surface area (Å²) in [6.45, 7) is 4.59. The molecule has 4 heteroatoms. The Balaban J connectivity index is 2.26. The van der Waals surface area contributed by atoms with Gasteiger partial charge in [-0.3, -0.25) is 9.59 Å². The van der Waals surface area contributed by atoms with Crippen LogP contribution in [0.2, 0.25) is 0 Å². The lowest BCUT2D eigenvalue weighted by Gasteiger charge is -2.31. The van der Waals surface area contributed by atoms with Crippen molar-refractivity contribution in [3.8, 4) is 0 Å². The molecule has 19 heavy (non-hydrogen) atoms. The highest BCUT2D eigenvalue weighted by atomic mass is 127. The van der Waals surface area contributed by atoms with Crippen molar-refractivity contribution >= 4 is 40.0 Å². The third-order valence-corrected chi connectivity index (χ3v) is 4.81. The zero-order valence-electron chi connectivity index (χ0n) is 11.3. The normalized spacial score (nSPS) is 19.6. The Kier molecular flexibility index (Phi) is 4.60. The maximum Gasteiger partial charge on any atom is 0.237 e. The van der Waals surface area contributed by atoms with E-state index in [1.165, 1.54) is 5.56 Å². The molecule has 1 aromatic carbocycles. The number of hydrogen-bond donors (Lipinski definition) is 0. The number of carbonyl (C=O) groups excluding carboxylic acids is 2. The van der Waals surface area contributed by atoms with Gasteiger partial charge in [-0.1, -0.05) is 13.0 Å². The Labute approximate surface area is 127 Å². The first-order valence-corrected chi connectivity index (χ1v) is 7.72. The van der Waals surface area contributed by atoms with Crippen molar-refractivity contribution in [3.63, 3.8) is 0 Å². The molecular formula is C15H18INO2. The van der Waals surface area contributed by atoms with Gasteiger partial charge in [0.2, 0.25) is 5.91 Å². The van der Waals surface area contributed by atoms with Crippen molar-refractivity contribution in [1.29, 1.82) is 0 Å². The number of halogens is 1. The van der Waals surface area contributed by atoms with Crippen LogP contribution in [0.3, 0.4) is 0 Å². The Hall–Kier alpha value is -0.910. The van der Waals surface area contributed by atoms with Gasteiger partial charge in [0, 0.05) is 22.2 Å². The van der Waals surface area contributed by atoms with Crippen LogP contribution in [0.1, 0.15) is 31.7 Å². The maximum absolute atomic E-state index is 12.4. The molecule has 2 rings (SSSR count). The Morgan fingerprint density at radius 1 is 1.47 bits per heavy atom. The van der Waals surface area contributed by atoms with E-state index in [0.29, 0.717) is 19.4 Å². The van der Waals surface area contributed by atoms with Crippen LogP contribution in [0.5, 0.6) is 0 Å². The average molecular weight is 371 g/mol. The van der Waals surface area contributed by atoms with Gasteiger partial charge in [0.25, 0.3) is 0 Å². The summed E-state index contributed by atoms with van der Waals surface area (Å²) < 4.78 is 1.15. The van der Waals surface area contributed by atoms with Crippen LogP contribution in [-0.2, 0) is 9.59 Å². The van der Waals surface area contributed by atoms with Crippen molar-refractivity contribution in [2.24, 2.45) is 5.92 Å². The summed E-state index contributed by atoms with van der Waals surface area (Å²) in [5, 5.41) is 0. The molecule has 0 spiro atoms. The number of ketones is 1. The van der Waals surface area contributed by atoms with Gasteiger partial charge in [0.15, 0.2) is 0 Å². The van der Waals surface area contributed by atoms with Crippen LogP contribution >= 0.6 is 22.6 Å². The fourth-order valence-corrected chi connectivity index (χ4v) is 2.93. The molecule has 3 nitrogen and oxygen atoms in total. The number of amides is 1. The van der Waals surface area contributed by atoms with Gasteiger partial charge in [-0.25, -0.2) is 0 Å². The SMILES string of the molecule is CCC(=O)[C@@H]1CCCN(c2ccc(C)c(I)c2)C1=O. The van der Waals surface area contributed by atoms with Crippen molar-refractivity contribution in [2.75, 3.05) is 11.4 Å². The number of carbonyl (C=O) groups is 2. The van der Waals surface area contributed by atoms with Gasteiger partial charge in [0.1, 0.15) is 5.78 Å². The van der Waals surface area contributed by atoms with E-state index in [9.17, 15) is 9.59 Å². The van der Waals surface area contributed by atoms with Gasteiger partial charge >= 0.3 is 0 Å². The first kappa shape index (κ1) is 14.5. The van der Waals surface area contributed by atoms with E-state index in [-0.39, 0.29) is 11.7 Å². The quantitative estimate of drug-likeness (QED) is 0.604. The first-order valence-electron chi connectivity index (χ1n) is 6.64. The van der Waals surface area contributed by atoms with Crippen LogP contribution < -0.4 is 4.90 Å². The fraction of sp³-hybridized carbons (Fsp3) is 0.467. The van der Waals surface area contributed by atoms with E-state index in [4.69, 9.17) is 0 Å². The zero-order valence-corrected chi connectivity index (χ0v) is 13.4. The summed E-state index contributed by atoms with van der Waals surface area (Å²) in [5.74, 6) is -0.396. The van der Waals surface area contributed by atoms with E-state index in [0.717, 1.165) is 15.7 Å². The van der Waals surface area contributed by atoms with Crippen molar-refractivity contribution < 1.29 is 9.59 Å². The van der Waals surface area contributed by atoms with Crippen molar-refractivity contribution in [1.82, 2.24) is 0 Å². The molecule has 102 valence electrons. The molecular weight excluding hydrogens is 353 g/mol. The van der Waals surface area contributed by atoms with Crippen molar-refractivity contribution in [3.05, 3.63) is 27.3 Å². The molecule has 1 fully saturated rings. The predicted octanol–water partition coefficient (Wildman–Crippen LogP) is 3.32. The maximum atomic E-state index is 12.4. The second-order valence-electron chi connectivity index (χ2n) is 4.94. The van der Waals surface area contributed by atoms with E-state index in [1.807, 2.05) is 32.0 Å². The average Bonchev–Trinajstić information content (AvgIpc) is 2.41. The first-order chi connectivity index (χ1) is 9.04. The molecule has 0 N–H and O–H groups in total. The standard InChI is InChI=1S/C15H18INO2/c1-3-14(18)12-5-4-8-17(15(12)19)11-7-6-10(2)13(16)9-11/h6-7,9,12H,3-5,8H2,1-2H3/t12-/m0/s1. The molecule has 0 aromatic heterocycles. The fourth-order valence-electron chi connectivity index (χ4n) is 2.43. The molecule has 1 heterocycles. The Morgan fingerprint density at radius 3 is 2.84 bits per heavy atom. The number of piperidine rings is 1. The highest BCUT2D eigenvalue weighted by Gasteiger charge is 2.33. The van der Waals surface area contributed by atoms with E-state index < -0.39 is 5.92 Å². The molecule has 1 aliphatic rings. The number of rotatable bonds is 3. The second kappa shape index (κ2) is 6.03. The second-order valence-corrected chi connectivity index (χ2v) is 6.10. The van der Waals surface area contributed by atoms with Crippen LogP contribution in [0, 0.1) is 16.4 Å². The third-order valence-electron chi connectivity index (χ3n) is 3.64. The number of Topliss-reactive ketones (excluding diaryl/α,β-unsaturated/α-hetero) is 1. The Morgan fingerprint density at radius 2 is 2.21 bits per heavy atom. The molecule has 1 aliphatic heterocycles. The summed E-state index contributed by atoms with van der Waals surface area (Å²) in [6, 6.07) is 6.01. The summed E-state index contributed by atoms with van der Waals surface area (Å²) in [6.07, 6.45) is 2.03. The third kappa shape index (κ3) is 2.99. The number of nitrogens with zero attached hydrogens (tertiary/aromatic N) is 1. The number of hydrogen-bond acceptors (Lipinski definition) is 2. The minimum absolute atomic E-state index is 0.0299. The van der Waals surface area contributed by atoms with E-state index >= 15 is 0 Å². The lowest BCUT2D eigenvalue weighted by Crippen LogP contribution is -2.44. The topological polar surface area (TPSA) is 37.4 Å². The smallest absolute Gasteiger partial charge is 0.237 e. The highest BCUT2D eigenvalue weighted by molar-refractivity contribution is 14.1. The summed E-state index contributed by atoms with van der Waals surface area (Å²) in [5.41, 5.74) is 2.11. The molecule has 0 unspecified atom stereocenters. The van der Waals surface area contributed by atoms with Crippen LogP contribution in [0.25, 0.3) is 0 Å². The molecule has 0 saturated carbocycles. The number of anilines is 1. The largest absolute Gasteiger partial charge is 0.312 e. The van der Waals surface area contributed by atoms with Gasteiger partial charge in [-0.05, 0) is 60.1 Å². The monoisotopic (exact) mass is 371 g/mol. The van der Waals surface area contributed by atoms with Crippen LogP contribution in [-0.4, -0.2) is 18.2 Å². The number of benzene rings is 1. The number of aryl methyl sites for hydroxylation is 1. The zero-order chi connectivity index (χ0) is 14.0.